The molecule has 0 saturated heterocycles. The summed E-state index contributed by atoms with van der Waals surface area (Å²) in [6.45, 7) is 4.08. The number of benzene rings is 3. The SMILES string of the molecule is C=CCCc1ccccc1NC(=O)OCC1c2ccccc2-c2ccccc21. The minimum absolute atomic E-state index is 0.0640. The zero-order chi connectivity index (χ0) is 19.3. The zero-order valence-electron chi connectivity index (χ0n) is 15.7. The van der Waals surface area contributed by atoms with Crippen LogP contribution in [0.3, 0.4) is 0 Å². The smallest absolute Gasteiger partial charge is 0.411 e. The summed E-state index contributed by atoms with van der Waals surface area (Å²) in [5.74, 6) is 0.0640. The number of nitrogens with one attached hydrogen (secondary N) is 1. The minimum atomic E-state index is -0.423. The molecule has 1 aliphatic carbocycles. The Morgan fingerprint density at radius 2 is 1.54 bits per heavy atom. The average molecular weight is 369 g/mol. The Labute approximate surface area is 165 Å². The summed E-state index contributed by atoms with van der Waals surface area (Å²) in [6.07, 6.45) is 3.16. The Bertz CT molecular complexity index is 963. The number of amides is 1. The molecule has 3 aromatic carbocycles. The highest BCUT2D eigenvalue weighted by Crippen LogP contribution is 2.44. The topological polar surface area (TPSA) is 38.3 Å². The molecule has 4 rings (SSSR count). The van der Waals surface area contributed by atoms with Gasteiger partial charge >= 0.3 is 6.09 Å². The molecule has 0 fully saturated rings. The maximum absolute atomic E-state index is 12.5. The first-order valence-corrected chi connectivity index (χ1v) is 9.58. The van der Waals surface area contributed by atoms with Crippen LogP contribution in [0.25, 0.3) is 11.1 Å². The van der Waals surface area contributed by atoms with Gasteiger partial charge in [-0.15, -0.1) is 6.58 Å². The molecule has 0 saturated carbocycles. The van der Waals surface area contributed by atoms with Crippen LogP contribution in [0, 0.1) is 0 Å². The van der Waals surface area contributed by atoms with Crippen molar-refractivity contribution in [3.8, 4) is 11.1 Å². The van der Waals surface area contributed by atoms with E-state index in [2.05, 4.69) is 36.2 Å². The number of para-hydroxylation sites is 1. The maximum Gasteiger partial charge on any atom is 0.411 e. The lowest BCUT2D eigenvalue weighted by Gasteiger charge is -2.15. The molecule has 0 unspecified atom stereocenters. The number of rotatable bonds is 6. The van der Waals surface area contributed by atoms with E-state index < -0.39 is 6.09 Å². The molecular formula is C25H23NO2. The molecule has 3 aromatic rings. The number of carbonyl (C=O) groups is 1. The first-order valence-electron chi connectivity index (χ1n) is 9.58. The summed E-state index contributed by atoms with van der Waals surface area (Å²) in [6, 6.07) is 24.5. The van der Waals surface area contributed by atoms with Crippen LogP contribution >= 0.6 is 0 Å². The largest absolute Gasteiger partial charge is 0.448 e. The van der Waals surface area contributed by atoms with Crippen molar-refractivity contribution in [3.05, 3.63) is 102 Å². The van der Waals surface area contributed by atoms with Crippen molar-refractivity contribution in [2.24, 2.45) is 0 Å². The molecule has 28 heavy (non-hydrogen) atoms. The number of carbonyl (C=O) groups excluding carboxylic acids is 1. The number of aryl methyl sites for hydroxylation is 1. The van der Waals surface area contributed by atoms with E-state index >= 15 is 0 Å². The van der Waals surface area contributed by atoms with Crippen LogP contribution in [0.4, 0.5) is 10.5 Å². The van der Waals surface area contributed by atoms with Gasteiger partial charge in [0.15, 0.2) is 0 Å². The third kappa shape index (κ3) is 3.56. The van der Waals surface area contributed by atoms with Gasteiger partial charge in [-0.1, -0.05) is 72.8 Å². The number of fused-ring (bicyclic) bond motifs is 3. The molecule has 0 radical (unpaired) electrons. The highest BCUT2D eigenvalue weighted by molar-refractivity contribution is 5.86. The van der Waals surface area contributed by atoms with Crippen molar-refractivity contribution in [2.45, 2.75) is 18.8 Å². The summed E-state index contributed by atoms with van der Waals surface area (Å²) in [5.41, 5.74) is 6.74. The Morgan fingerprint density at radius 3 is 2.21 bits per heavy atom. The van der Waals surface area contributed by atoms with Gasteiger partial charge in [-0.2, -0.15) is 0 Å². The average Bonchev–Trinajstić information content (AvgIpc) is 3.05. The summed E-state index contributed by atoms with van der Waals surface area (Å²) in [4.78, 5) is 12.5. The maximum atomic E-state index is 12.5. The molecule has 0 bridgehead atoms. The minimum Gasteiger partial charge on any atom is -0.448 e. The number of ether oxygens (including phenoxy) is 1. The highest BCUT2D eigenvalue weighted by atomic mass is 16.5. The van der Waals surface area contributed by atoms with E-state index in [-0.39, 0.29) is 5.92 Å². The molecule has 0 atom stereocenters. The van der Waals surface area contributed by atoms with E-state index in [1.54, 1.807) is 0 Å². The molecule has 0 aromatic heterocycles. The first-order chi connectivity index (χ1) is 13.8. The highest BCUT2D eigenvalue weighted by Gasteiger charge is 2.29. The van der Waals surface area contributed by atoms with Crippen LogP contribution < -0.4 is 5.32 Å². The predicted molar refractivity (Wildman–Crippen MR) is 114 cm³/mol. The van der Waals surface area contributed by atoms with E-state index in [1.807, 2.05) is 54.6 Å². The Balaban J connectivity index is 1.47. The van der Waals surface area contributed by atoms with Gasteiger partial charge in [0.2, 0.25) is 0 Å². The molecule has 0 heterocycles. The normalized spacial score (nSPS) is 12.1. The van der Waals surface area contributed by atoms with Crippen LogP contribution in [0.2, 0.25) is 0 Å². The van der Waals surface area contributed by atoms with Gasteiger partial charge in [0.05, 0.1) is 0 Å². The second kappa shape index (κ2) is 8.13. The van der Waals surface area contributed by atoms with Crippen molar-refractivity contribution < 1.29 is 9.53 Å². The van der Waals surface area contributed by atoms with E-state index in [1.165, 1.54) is 22.3 Å². The Morgan fingerprint density at radius 1 is 0.929 bits per heavy atom. The van der Waals surface area contributed by atoms with E-state index in [9.17, 15) is 4.79 Å². The van der Waals surface area contributed by atoms with Crippen molar-refractivity contribution >= 4 is 11.8 Å². The van der Waals surface area contributed by atoms with Gasteiger partial charge in [-0.05, 0) is 46.7 Å². The van der Waals surface area contributed by atoms with Gasteiger partial charge in [0.1, 0.15) is 6.61 Å². The van der Waals surface area contributed by atoms with Crippen LogP contribution in [-0.4, -0.2) is 12.7 Å². The number of allylic oxidation sites excluding steroid dienone is 1. The van der Waals surface area contributed by atoms with E-state index in [0.717, 1.165) is 24.1 Å². The zero-order valence-corrected chi connectivity index (χ0v) is 15.7. The first kappa shape index (κ1) is 18.1. The molecule has 140 valence electrons. The van der Waals surface area contributed by atoms with Gasteiger partial charge in [0, 0.05) is 11.6 Å². The number of hydrogen-bond acceptors (Lipinski definition) is 2. The molecule has 3 nitrogen and oxygen atoms in total. The summed E-state index contributed by atoms with van der Waals surface area (Å²) in [7, 11) is 0. The van der Waals surface area contributed by atoms with Crippen LogP contribution in [0.1, 0.15) is 29.0 Å². The van der Waals surface area contributed by atoms with Gasteiger partial charge in [0.25, 0.3) is 0 Å². The molecule has 1 N–H and O–H groups in total. The summed E-state index contributed by atoms with van der Waals surface area (Å²) < 4.78 is 5.63. The van der Waals surface area contributed by atoms with Crippen LogP contribution in [-0.2, 0) is 11.2 Å². The molecule has 3 heteroatoms. The van der Waals surface area contributed by atoms with Crippen molar-refractivity contribution in [1.82, 2.24) is 0 Å². The Hall–Kier alpha value is -3.33. The molecule has 1 aliphatic rings. The molecule has 0 spiro atoms. The lowest BCUT2D eigenvalue weighted by atomic mass is 9.98. The number of hydrogen-bond donors (Lipinski definition) is 1. The van der Waals surface area contributed by atoms with Gasteiger partial charge in [-0.25, -0.2) is 4.79 Å². The van der Waals surface area contributed by atoms with Crippen molar-refractivity contribution in [3.63, 3.8) is 0 Å². The van der Waals surface area contributed by atoms with Crippen molar-refractivity contribution in [1.29, 1.82) is 0 Å². The summed E-state index contributed by atoms with van der Waals surface area (Å²) in [5, 5.41) is 2.90. The summed E-state index contributed by atoms with van der Waals surface area (Å²) >= 11 is 0. The van der Waals surface area contributed by atoms with E-state index in [4.69, 9.17) is 4.74 Å². The van der Waals surface area contributed by atoms with Crippen molar-refractivity contribution in [2.75, 3.05) is 11.9 Å². The molecule has 1 amide bonds. The number of anilines is 1. The standard InChI is InChI=1S/C25H23NO2/c1-2-3-10-18-11-4-9-16-24(18)26-25(27)28-17-23-21-14-7-5-12-19(21)20-13-6-8-15-22(20)23/h2,4-9,11-16,23H,1,3,10,17H2,(H,26,27). The quantitative estimate of drug-likeness (QED) is 0.528. The van der Waals surface area contributed by atoms with E-state index in [0.29, 0.717) is 6.61 Å². The Kier molecular flexibility index (Phi) is 5.24. The fourth-order valence-electron chi connectivity index (χ4n) is 3.86. The third-order valence-corrected chi connectivity index (χ3v) is 5.22. The monoisotopic (exact) mass is 369 g/mol. The molecular weight excluding hydrogens is 346 g/mol. The lowest BCUT2D eigenvalue weighted by Crippen LogP contribution is -2.18. The van der Waals surface area contributed by atoms with Crippen LogP contribution in [0.5, 0.6) is 0 Å². The van der Waals surface area contributed by atoms with Gasteiger partial charge in [-0.3, -0.25) is 5.32 Å². The molecule has 0 aliphatic heterocycles. The fraction of sp³-hybridized carbons (Fsp3) is 0.160. The second-order valence-electron chi connectivity index (χ2n) is 6.94. The lowest BCUT2D eigenvalue weighted by molar-refractivity contribution is 0.158. The fourth-order valence-corrected chi connectivity index (χ4v) is 3.86. The van der Waals surface area contributed by atoms with Gasteiger partial charge < -0.3 is 4.74 Å². The van der Waals surface area contributed by atoms with Crippen LogP contribution in [0.15, 0.2) is 85.5 Å². The third-order valence-electron chi connectivity index (χ3n) is 5.22. The second-order valence-corrected chi connectivity index (χ2v) is 6.94. The predicted octanol–water partition coefficient (Wildman–Crippen LogP) is 6.17.